The smallest absolute Gasteiger partial charge is 0.328 e. The lowest BCUT2D eigenvalue weighted by molar-refractivity contribution is -0.149. The van der Waals surface area contributed by atoms with Crippen LogP contribution in [0.3, 0.4) is 0 Å². The Hall–Kier alpha value is -3.72. The molecule has 0 heterocycles. The predicted molar refractivity (Wildman–Crippen MR) is 245 cm³/mol. The molecule has 0 bridgehead atoms. The van der Waals surface area contributed by atoms with Gasteiger partial charge in [0, 0.05) is 12.8 Å². The lowest BCUT2D eigenvalue weighted by Crippen LogP contribution is -2.47. The first kappa shape index (κ1) is 55.3. The molecule has 2 unspecified atom stereocenters. The molecule has 0 saturated heterocycles. The van der Waals surface area contributed by atoms with E-state index in [1.54, 1.807) is 0 Å². The van der Waals surface area contributed by atoms with Gasteiger partial charge in [-0.25, -0.2) is 4.79 Å². The number of aliphatic carboxylic acids is 1. The van der Waals surface area contributed by atoms with E-state index >= 15 is 0 Å². The summed E-state index contributed by atoms with van der Waals surface area (Å²) in [5, 5.41) is 22.6. The molecule has 0 aromatic heterocycles. The Labute approximate surface area is 359 Å². The van der Waals surface area contributed by atoms with Gasteiger partial charge in [0.2, 0.25) is 11.8 Å². The Morgan fingerprint density at radius 3 is 1.39 bits per heavy atom. The van der Waals surface area contributed by atoms with Gasteiger partial charge in [-0.15, -0.1) is 0 Å². The minimum Gasteiger partial charge on any atom is -0.480 e. The molecule has 0 spiro atoms. The van der Waals surface area contributed by atoms with Crippen LogP contribution in [0.25, 0.3) is 0 Å². The lowest BCUT2D eigenvalue weighted by atomic mass is 10.0. The molecule has 9 heteroatoms. The molecule has 0 fully saturated rings. The number of aliphatic hydroxyl groups is 1. The number of carboxylic acid groups (broad SMARTS) is 1. The van der Waals surface area contributed by atoms with Crippen molar-refractivity contribution < 1.29 is 34.1 Å². The Morgan fingerprint density at radius 2 is 0.949 bits per heavy atom. The molecule has 0 aliphatic rings. The maximum Gasteiger partial charge on any atom is 0.328 e. The highest BCUT2D eigenvalue weighted by Crippen LogP contribution is 2.18. The second-order valence-corrected chi connectivity index (χ2v) is 15.5. The molecule has 0 aromatic carbocycles. The largest absolute Gasteiger partial charge is 0.480 e. The van der Waals surface area contributed by atoms with E-state index in [4.69, 9.17) is 14.9 Å². The molecule has 0 aliphatic heterocycles. The van der Waals surface area contributed by atoms with Gasteiger partial charge >= 0.3 is 11.9 Å². The van der Waals surface area contributed by atoms with Crippen molar-refractivity contribution in [1.82, 2.24) is 10.6 Å². The number of carbonyl (C=O) groups is 4. The molecule has 0 aromatic rings. The Kier molecular flexibility index (Phi) is 41.1. The molecule has 0 saturated carbocycles. The number of hydrogen-bond acceptors (Lipinski definition) is 6. The number of carbonyl (C=O) groups excluding carboxylic acids is 3. The summed E-state index contributed by atoms with van der Waals surface area (Å²) in [6.45, 7) is 3.36. The van der Waals surface area contributed by atoms with E-state index in [0.717, 1.165) is 83.5 Å². The van der Waals surface area contributed by atoms with Gasteiger partial charge in [0.1, 0.15) is 12.1 Å². The van der Waals surface area contributed by atoms with Crippen LogP contribution in [0.2, 0.25) is 0 Å². The summed E-state index contributed by atoms with van der Waals surface area (Å²) < 4.78 is 6.00. The highest BCUT2D eigenvalue weighted by molar-refractivity contribution is 5.87. The fourth-order valence-corrected chi connectivity index (χ4v) is 6.45. The predicted octanol–water partition coefficient (Wildman–Crippen LogP) is 11.9. The second-order valence-electron chi connectivity index (χ2n) is 15.5. The molecule has 2 atom stereocenters. The van der Waals surface area contributed by atoms with Crippen LogP contribution in [0.5, 0.6) is 0 Å². The topological polar surface area (TPSA) is 142 Å². The summed E-state index contributed by atoms with van der Waals surface area (Å²) in [6, 6.07) is -1.39. The highest BCUT2D eigenvalue weighted by Gasteiger charge is 2.19. The van der Waals surface area contributed by atoms with Gasteiger partial charge in [-0.3, -0.25) is 14.4 Å². The van der Waals surface area contributed by atoms with E-state index in [1.807, 2.05) is 0 Å². The van der Waals surface area contributed by atoms with E-state index in [0.29, 0.717) is 19.3 Å². The number of unbranched alkanes of at least 4 members (excludes halogenated alkanes) is 15. The van der Waals surface area contributed by atoms with Gasteiger partial charge in [-0.2, -0.15) is 0 Å². The molecule has 0 rings (SSSR count). The third-order valence-corrected chi connectivity index (χ3v) is 9.98. The third kappa shape index (κ3) is 40.8. The van der Waals surface area contributed by atoms with Crippen molar-refractivity contribution in [3.8, 4) is 0 Å². The number of allylic oxidation sites excluding steroid dienone is 12. The summed E-state index contributed by atoms with van der Waals surface area (Å²) >= 11 is 0. The van der Waals surface area contributed by atoms with Gasteiger partial charge in [-0.05, 0) is 77.0 Å². The van der Waals surface area contributed by atoms with Crippen LogP contribution >= 0.6 is 0 Å². The molecular formula is C50H84N2O7. The SMILES string of the molecule is CC/C=C\C/C=C\C/C=C\C/C=C\C/C=C\C/C=C\CCC(=O)OC(CCCCCCCCCCCCCC)CCCCCCCC(=O)NCC(=O)NC(CO)C(=O)O. The summed E-state index contributed by atoms with van der Waals surface area (Å²) in [5.41, 5.74) is 0. The molecule has 0 radical (unpaired) electrons. The Morgan fingerprint density at radius 1 is 0.525 bits per heavy atom. The number of carboxylic acids is 1. The normalized spacial score (nSPS) is 13.1. The van der Waals surface area contributed by atoms with Crippen LogP contribution in [0.4, 0.5) is 0 Å². The monoisotopic (exact) mass is 825 g/mol. The second kappa shape index (κ2) is 43.8. The maximum atomic E-state index is 12.8. The summed E-state index contributed by atoms with van der Waals surface area (Å²) in [6.07, 6.45) is 55.0. The van der Waals surface area contributed by atoms with Crippen molar-refractivity contribution in [3.63, 3.8) is 0 Å². The zero-order chi connectivity index (χ0) is 43.3. The van der Waals surface area contributed by atoms with Crippen molar-refractivity contribution in [2.75, 3.05) is 13.2 Å². The minimum absolute atomic E-state index is 0.0561. The number of nitrogens with one attached hydrogen (secondary N) is 2. The minimum atomic E-state index is -1.39. The molecule has 0 aliphatic carbocycles. The van der Waals surface area contributed by atoms with E-state index < -0.39 is 24.5 Å². The number of hydrogen-bond donors (Lipinski definition) is 4. The number of aliphatic hydroxyl groups excluding tert-OH is 1. The first-order valence-corrected chi connectivity index (χ1v) is 23.3. The average Bonchev–Trinajstić information content (AvgIpc) is 3.22. The first-order valence-electron chi connectivity index (χ1n) is 23.3. The lowest BCUT2D eigenvalue weighted by Gasteiger charge is -2.18. The van der Waals surface area contributed by atoms with Gasteiger partial charge in [0.05, 0.1) is 13.2 Å². The molecule has 2 amide bonds. The van der Waals surface area contributed by atoms with Gasteiger partial charge in [-0.1, -0.05) is 177 Å². The average molecular weight is 825 g/mol. The number of ether oxygens (including phenoxy) is 1. The zero-order valence-corrected chi connectivity index (χ0v) is 37.2. The summed E-state index contributed by atoms with van der Waals surface area (Å²) in [4.78, 5) is 47.6. The van der Waals surface area contributed by atoms with Crippen LogP contribution in [0.1, 0.15) is 194 Å². The van der Waals surface area contributed by atoms with E-state index in [-0.39, 0.29) is 30.9 Å². The molecular weight excluding hydrogens is 741 g/mol. The fourth-order valence-electron chi connectivity index (χ4n) is 6.45. The van der Waals surface area contributed by atoms with Crippen LogP contribution in [0, 0.1) is 0 Å². The molecule has 59 heavy (non-hydrogen) atoms. The highest BCUT2D eigenvalue weighted by atomic mass is 16.5. The maximum absolute atomic E-state index is 12.8. The van der Waals surface area contributed by atoms with Crippen molar-refractivity contribution in [2.45, 2.75) is 206 Å². The van der Waals surface area contributed by atoms with Crippen LogP contribution in [-0.2, 0) is 23.9 Å². The van der Waals surface area contributed by atoms with E-state index in [9.17, 15) is 19.2 Å². The number of esters is 1. The van der Waals surface area contributed by atoms with Crippen LogP contribution in [0.15, 0.2) is 72.9 Å². The van der Waals surface area contributed by atoms with Crippen LogP contribution < -0.4 is 10.6 Å². The van der Waals surface area contributed by atoms with E-state index in [2.05, 4.69) is 97.4 Å². The van der Waals surface area contributed by atoms with Crippen molar-refractivity contribution in [2.24, 2.45) is 0 Å². The van der Waals surface area contributed by atoms with Crippen LogP contribution in [-0.4, -0.2) is 59.3 Å². The number of rotatable bonds is 41. The number of amides is 2. The summed E-state index contributed by atoms with van der Waals surface area (Å²) in [5.74, 6) is -2.39. The molecule has 9 nitrogen and oxygen atoms in total. The summed E-state index contributed by atoms with van der Waals surface area (Å²) in [7, 11) is 0. The van der Waals surface area contributed by atoms with Crippen molar-refractivity contribution in [1.29, 1.82) is 0 Å². The van der Waals surface area contributed by atoms with Gasteiger partial charge in [0.15, 0.2) is 0 Å². The quantitative estimate of drug-likeness (QED) is 0.0273. The zero-order valence-electron chi connectivity index (χ0n) is 37.2. The standard InChI is InChI=1S/C50H84N2O7/c1-3-5-7-9-11-13-15-17-18-19-20-21-22-23-25-27-29-34-38-42-49(56)59-45(39-35-31-28-26-24-16-14-12-10-8-6-4-2)40-36-32-30-33-37-41-47(54)51-43-48(55)52-46(44-53)50(57)58/h5,7,11,13,17-18,20-21,23,25,29,34,45-46,53H,3-4,6,8-10,12,14-16,19,22,24,26-28,30-33,35-44H2,1-2H3,(H,51,54)(H,52,55)(H,57,58)/b7-5-,13-11-,18-17-,21-20-,25-23-,34-29-. The Bertz CT molecular complexity index is 1220. The van der Waals surface area contributed by atoms with E-state index in [1.165, 1.54) is 70.6 Å². The van der Waals surface area contributed by atoms with Gasteiger partial charge < -0.3 is 25.6 Å². The van der Waals surface area contributed by atoms with Crippen molar-refractivity contribution >= 4 is 23.8 Å². The Balaban J connectivity index is 4.43. The third-order valence-electron chi connectivity index (χ3n) is 9.98. The van der Waals surface area contributed by atoms with Crippen molar-refractivity contribution in [3.05, 3.63) is 72.9 Å². The first-order chi connectivity index (χ1) is 28.8. The fraction of sp³-hybridized carbons (Fsp3) is 0.680. The molecule has 336 valence electrons. The van der Waals surface area contributed by atoms with Gasteiger partial charge in [0.25, 0.3) is 0 Å². The molecule has 4 N–H and O–H groups in total.